The molecule has 0 spiro atoms. The van der Waals surface area contributed by atoms with E-state index >= 15 is 0 Å². The SMILES string of the molecule is C[Te]CC(C)(C[Te]C)C[Te]C. The van der Waals surface area contributed by atoms with E-state index in [-0.39, 0.29) is 0 Å². The average molecular weight is 497 g/mol. The zero-order chi connectivity index (χ0) is 8.74. The van der Waals surface area contributed by atoms with E-state index in [0.29, 0.717) is 62.8 Å². The minimum atomic E-state index is 0.380. The van der Waals surface area contributed by atoms with Crippen molar-refractivity contribution in [2.24, 2.45) is 5.41 Å². The Hall–Kier alpha value is 2.37. The predicted octanol–water partition coefficient (Wildman–Crippen LogP) is 2.50. The number of hydrogen-bond acceptors (Lipinski definition) is 0. The summed E-state index contributed by atoms with van der Waals surface area (Å²) >= 11 is 1.14. The molecule has 0 saturated heterocycles. The molecule has 0 bridgehead atoms. The molecule has 0 nitrogen and oxygen atoms in total. The van der Waals surface area contributed by atoms with Gasteiger partial charge in [0, 0.05) is 0 Å². The van der Waals surface area contributed by atoms with E-state index in [9.17, 15) is 0 Å². The van der Waals surface area contributed by atoms with Gasteiger partial charge in [-0.05, 0) is 0 Å². The van der Waals surface area contributed by atoms with E-state index in [2.05, 4.69) is 21.8 Å². The van der Waals surface area contributed by atoms with Gasteiger partial charge in [0.15, 0.2) is 0 Å². The molecule has 0 aromatic carbocycles. The first-order valence-electron chi connectivity index (χ1n) is 3.65. The summed E-state index contributed by atoms with van der Waals surface area (Å²) in [6.45, 7) is 2.55. The molecule has 0 unspecified atom stereocenters. The van der Waals surface area contributed by atoms with Gasteiger partial charge in [-0.2, -0.15) is 0 Å². The van der Waals surface area contributed by atoms with Gasteiger partial charge < -0.3 is 0 Å². The van der Waals surface area contributed by atoms with Crippen LogP contribution in [0.4, 0.5) is 0 Å². The fraction of sp³-hybridized carbons (Fsp3) is 1.00. The standard InChI is InChI=1S/C8H18Te3/c1-8(5-9-2,6-10-3)7-11-4/h5-7H2,1-4H3. The van der Waals surface area contributed by atoms with Crippen LogP contribution in [0.15, 0.2) is 0 Å². The van der Waals surface area contributed by atoms with Gasteiger partial charge in [0.25, 0.3) is 0 Å². The molecule has 0 fully saturated rings. The summed E-state index contributed by atoms with van der Waals surface area (Å²) in [5.74, 6) is 0. The molecule has 0 heterocycles. The van der Waals surface area contributed by atoms with Crippen molar-refractivity contribution in [2.45, 2.75) is 35.2 Å². The van der Waals surface area contributed by atoms with Crippen LogP contribution in [0.5, 0.6) is 0 Å². The quantitative estimate of drug-likeness (QED) is 0.496. The number of hydrogen-bond donors (Lipinski definition) is 0. The molecular weight excluding hydrogens is 479 g/mol. The van der Waals surface area contributed by atoms with Crippen LogP contribution < -0.4 is 0 Å². The van der Waals surface area contributed by atoms with Crippen LogP contribution in [-0.4, -0.2) is 62.8 Å². The molecule has 0 aromatic heterocycles. The summed E-state index contributed by atoms with van der Waals surface area (Å²) in [5, 5.41) is 0. The van der Waals surface area contributed by atoms with Crippen LogP contribution in [0, 0.1) is 5.41 Å². The Labute approximate surface area is 102 Å². The van der Waals surface area contributed by atoms with E-state index in [1.54, 1.807) is 13.4 Å². The zero-order valence-corrected chi connectivity index (χ0v) is 14.8. The molecule has 0 rings (SSSR count). The van der Waals surface area contributed by atoms with Gasteiger partial charge in [-0.3, -0.25) is 0 Å². The van der Waals surface area contributed by atoms with Gasteiger partial charge in [-0.15, -0.1) is 0 Å². The van der Waals surface area contributed by atoms with Gasteiger partial charge in [0.05, 0.1) is 0 Å². The molecule has 0 aliphatic heterocycles. The normalized spacial score (nSPS) is 12.0. The van der Waals surface area contributed by atoms with Crippen LogP contribution in [0.1, 0.15) is 6.92 Å². The molecule has 0 aliphatic carbocycles. The van der Waals surface area contributed by atoms with Crippen LogP contribution in [0.2, 0.25) is 28.3 Å². The summed E-state index contributed by atoms with van der Waals surface area (Å²) in [4.78, 5) is 7.36. The summed E-state index contributed by atoms with van der Waals surface area (Å²) in [5.41, 5.74) is 0.824. The Kier molecular flexibility index (Phi) is 9.41. The Morgan fingerprint density at radius 2 is 1.09 bits per heavy atom. The first kappa shape index (κ1) is 13.4. The predicted molar refractivity (Wildman–Crippen MR) is 57.4 cm³/mol. The zero-order valence-electron chi connectivity index (χ0n) is 7.85. The molecule has 3 heteroatoms. The van der Waals surface area contributed by atoms with Crippen molar-refractivity contribution in [3.63, 3.8) is 0 Å². The summed E-state index contributed by atoms with van der Waals surface area (Å²) in [6, 6.07) is 0. The molecule has 68 valence electrons. The molecule has 0 aromatic rings. The Morgan fingerprint density at radius 1 is 0.818 bits per heavy atom. The topological polar surface area (TPSA) is 0 Å². The van der Waals surface area contributed by atoms with E-state index in [1.807, 2.05) is 0 Å². The molecule has 0 amide bonds. The second-order valence-corrected chi connectivity index (χ2v) is 10.5. The van der Waals surface area contributed by atoms with E-state index in [1.165, 1.54) is 0 Å². The van der Waals surface area contributed by atoms with E-state index < -0.39 is 0 Å². The summed E-state index contributed by atoms with van der Waals surface area (Å²) in [7, 11) is 0. The van der Waals surface area contributed by atoms with Gasteiger partial charge in [-0.1, -0.05) is 0 Å². The second-order valence-electron chi connectivity index (χ2n) is 3.11. The van der Waals surface area contributed by atoms with E-state index in [0.717, 1.165) is 5.41 Å². The van der Waals surface area contributed by atoms with Gasteiger partial charge in [0.2, 0.25) is 0 Å². The Morgan fingerprint density at radius 3 is 1.27 bits per heavy atom. The molecule has 0 radical (unpaired) electrons. The Bertz CT molecular complexity index is 76.3. The van der Waals surface area contributed by atoms with Crippen LogP contribution in [0.3, 0.4) is 0 Å². The molecule has 0 N–H and O–H groups in total. The average Bonchev–Trinajstić information content (AvgIpc) is 1.88. The van der Waals surface area contributed by atoms with Crippen molar-refractivity contribution in [2.75, 3.05) is 0 Å². The second kappa shape index (κ2) is 7.74. The van der Waals surface area contributed by atoms with Crippen molar-refractivity contribution in [1.82, 2.24) is 0 Å². The molecule has 0 saturated carbocycles. The molecule has 11 heavy (non-hydrogen) atoms. The number of rotatable bonds is 6. The third-order valence-corrected chi connectivity index (χ3v) is 9.92. The van der Waals surface area contributed by atoms with E-state index in [4.69, 9.17) is 0 Å². The maximum atomic E-state index is 2.55. The molecular formula is C8H18Te3. The van der Waals surface area contributed by atoms with Crippen molar-refractivity contribution in [1.29, 1.82) is 0 Å². The summed E-state index contributed by atoms with van der Waals surface area (Å²) in [6.07, 6.45) is 0. The third-order valence-electron chi connectivity index (χ3n) is 1.48. The first-order chi connectivity index (χ1) is 5.18. The van der Waals surface area contributed by atoms with Crippen molar-refractivity contribution < 1.29 is 0 Å². The maximum absolute atomic E-state index is 2.55. The van der Waals surface area contributed by atoms with Crippen molar-refractivity contribution in [3.05, 3.63) is 0 Å². The molecule has 0 atom stereocenters. The summed E-state index contributed by atoms with van der Waals surface area (Å²) < 4.78 is 4.82. The van der Waals surface area contributed by atoms with Crippen molar-refractivity contribution >= 4 is 62.8 Å². The monoisotopic (exact) mass is 504 g/mol. The Balaban J connectivity index is 3.79. The van der Waals surface area contributed by atoms with Gasteiger partial charge in [0.1, 0.15) is 0 Å². The first-order valence-corrected chi connectivity index (χ1v) is 15.6. The van der Waals surface area contributed by atoms with Crippen LogP contribution >= 0.6 is 0 Å². The van der Waals surface area contributed by atoms with Crippen molar-refractivity contribution in [3.8, 4) is 0 Å². The van der Waals surface area contributed by atoms with Gasteiger partial charge in [-0.25, -0.2) is 0 Å². The minimum absolute atomic E-state index is 0.380. The van der Waals surface area contributed by atoms with Crippen LogP contribution in [0.25, 0.3) is 0 Å². The fourth-order valence-corrected chi connectivity index (χ4v) is 12.6. The van der Waals surface area contributed by atoms with Crippen LogP contribution in [-0.2, 0) is 0 Å². The third kappa shape index (κ3) is 6.44. The van der Waals surface area contributed by atoms with Gasteiger partial charge >= 0.3 is 103 Å². The fourth-order valence-electron chi connectivity index (χ4n) is 1.17. The molecule has 0 aliphatic rings.